The van der Waals surface area contributed by atoms with Crippen molar-refractivity contribution < 1.29 is 9.53 Å². The summed E-state index contributed by atoms with van der Waals surface area (Å²) in [5, 5.41) is 7.27. The molecule has 2 rings (SSSR count). The lowest BCUT2D eigenvalue weighted by Crippen LogP contribution is -2.35. The van der Waals surface area contributed by atoms with E-state index >= 15 is 0 Å². The maximum absolute atomic E-state index is 12.6. The molecule has 0 saturated heterocycles. The van der Waals surface area contributed by atoms with Crippen LogP contribution < -0.4 is 5.56 Å². The second-order valence-electron chi connectivity index (χ2n) is 4.48. The molecular weight excluding hydrogens is 270 g/mol. The highest BCUT2D eigenvalue weighted by Crippen LogP contribution is 2.14. The molecule has 0 saturated carbocycles. The Morgan fingerprint density at radius 3 is 2.81 bits per heavy atom. The highest BCUT2D eigenvalue weighted by molar-refractivity contribution is 6.04. The second-order valence-corrected chi connectivity index (χ2v) is 4.48. The van der Waals surface area contributed by atoms with Crippen LogP contribution in [0.4, 0.5) is 0 Å². The van der Waals surface area contributed by atoms with Gasteiger partial charge in [0, 0.05) is 25.6 Å². The summed E-state index contributed by atoms with van der Waals surface area (Å²) in [6, 6.07) is 6.90. The Kier molecular flexibility index (Phi) is 4.84. The van der Waals surface area contributed by atoms with E-state index in [-0.39, 0.29) is 17.2 Å². The first-order valence-electron chi connectivity index (χ1n) is 6.55. The molecule has 21 heavy (non-hydrogen) atoms. The van der Waals surface area contributed by atoms with Crippen LogP contribution in [-0.4, -0.2) is 47.8 Å². The minimum absolute atomic E-state index is 0.225. The molecule has 6 nitrogen and oxygen atoms in total. The number of hydrogen-bond donors (Lipinski definition) is 1. The zero-order valence-corrected chi connectivity index (χ0v) is 11.8. The van der Waals surface area contributed by atoms with Crippen LogP contribution >= 0.6 is 0 Å². The van der Waals surface area contributed by atoms with E-state index < -0.39 is 0 Å². The molecule has 0 aliphatic carbocycles. The lowest BCUT2D eigenvalue weighted by atomic mass is 10.1. The van der Waals surface area contributed by atoms with Crippen molar-refractivity contribution in [2.24, 2.45) is 0 Å². The molecule has 0 spiro atoms. The van der Waals surface area contributed by atoms with Gasteiger partial charge in [-0.15, -0.1) is 6.58 Å². The summed E-state index contributed by atoms with van der Waals surface area (Å²) in [4.78, 5) is 25.9. The summed E-state index contributed by atoms with van der Waals surface area (Å²) in [5.41, 5.74) is -0.0857. The Bertz CT molecular complexity index is 709. The molecule has 0 aliphatic heterocycles. The average molecular weight is 287 g/mol. The van der Waals surface area contributed by atoms with Crippen molar-refractivity contribution in [3.63, 3.8) is 0 Å². The first kappa shape index (κ1) is 14.9. The van der Waals surface area contributed by atoms with Crippen LogP contribution in [0, 0.1) is 0 Å². The maximum atomic E-state index is 12.6. The number of benzene rings is 1. The number of fused-ring (bicyclic) bond motifs is 1. The average Bonchev–Trinajstić information content (AvgIpc) is 2.51. The molecule has 1 heterocycles. The topological polar surface area (TPSA) is 75.3 Å². The molecule has 0 fully saturated rings. The van der Waals surface area contributed by atoms with E-state index in [2.05, 4.69) is 16.8 Å². The van der Waals surface area contributed by atoms with Crippen LogP contribution in [0.5, 0.6) is 0 Å². The molecule has 1 aromatic heterocycles. The highest BCUT2D eigenvalue weighted by atomic mass is 16.5. The number of aromatic amines is 1. The van der Waals surface area contributed by atoms with Crippen LogP contribution in [0.25, 0.3) is 10.8 Å². The zero-order chi connectivity index (χ0) is 15.2. The quantitative estimate of drug-likeness (QED) is 0.810. The van der Waals surface area contributed by atoms with Crippen molar-refractivity contribution in [3.05, 3.63) is 53.0 Å². The van der Waals surface area contributed by atoms with E-state index in [0.29, 0.717) is 30.5 Å². The van der Waals surface area contributed by atoms with Gasteiger partial charge in [0.25, 0.3) is 11.5 Å². The monoisotopic (exact) mass is 287 g/mol. The molecular formula is C15H17N3O3. The number of ether oxygens (including phenoxy) is 1. The zero-order valence-electron chi connectivity index (χ0n) is 11.8. The first-order valence-corrected chi connectivity index (χ1v) is 6.55. The summed E-state index contributed by atoms with van der Waals surface area (Å²) >= 11 is 0. The SMILES string of the molecule is C=CCN(CCOC)C(=O)c1n[nH]c(=O)c2ccccc12. The normalized spacial score (nSPS) is 10.5. The molecule has 0 unspecified atom stereocenters. The second kappa shape index (κ2) is 6.81. The van der Waals surface area contributed by atoms with Gasteiger partial charge in [0.1, 0.15) is 0 Å². The van der Waals surface area contributed by atoms with Crippen molar-refractivity contribution in [1.82, 2.24) is 15.1 Å². The fraction of sp³-hybridized carbons (Fsp3) is 0.267. The summed E-state index contributed by atoms with van der Waals surface area (Å²) in [6.45, 7) is 4.88. The number of carbonyl (C=O) groups is 1. The first-order chi connectivity index (χ1) is 10.2. The van der Waals surface area contributed by atoms with Gasteiger partial charge in [0.15, 0.2) is 5.69 Å². The van der Waals surface area contributed by atoms with Crippen LogP contribution in [0.2, 0.25) is 0 Å². The number of aromatic nitrogens is 2. The standard InChI is InChI=1S/C15H17N3O3/c1-3-8-18(9-10-21-2)15(20)13-11-6-4-5-7-12(11)14(19)17-16-13/h3-7H,1,8-10H2,2H3,(H,17,19). The van der Waals surface area contributed by atoms with E-state index in [4.69, 9.17) is 4.74 Å². The number of nitrogens with one attached hydrogen (secondary N) is 1. The fourth-order valence-electron chi connectivity index (χ4n) is 2.06. The van der Waals surface area contributed by atoms with Gasteiger partial charge in [-0.1, -0.05) is 24.3 Å². The third-order valence-electron chi connectivity index (χ3n) is 3.10. The van der Waals surface area contributed by atoms with Crippen molar-refractivity contribution >= 4 is 16.7 Å². The third kappa shape index (κ3) is 3.17. The van der Waals surface area contributed by atoms with Gasteiger partial charge >= 0.3 is 0 Å². The van der Waals surface area contributed by atoms with Gasteiger partial charge in [-0.2, -0.15) is 5.10 Å². The molecule has 0 aliphatic rings. The third-order valence-corrected chi connectivity index (χ3v) is 3.10. The van der Waals surface area contributed by atoms with Crippen LogP contribution in [0.1, 0.15) is 10.5 Å². The predicted octanol–water partition coefficient (Wildman–Crippen LogP) is 1.20. The van der Waals surface area contributed by atoms with Gasteiger partial charge in [-0.25, -0.2) is 5.10 Å². The Morgan fingerprint density at radius 1 is 1.43 bits per heavy atom. The van der Waals surface area contributed by atoms with Crippen LogP contribution in [0.15, 0.2) is 41.7 Å². The van der Waals surface area contributed by atoms with E-state index in [1.807, 2.05) is 0 Å². The number of hydrogen-bond acceptors (Lipinski definition) is 4. The predicted molar refractivity (Wildman–Crippen MR) is 80.3 cm³/mol. The van der Waals surface area contributed by atoms with Gasteiger partial charge in [0.2, 0.25) is 0 Å². The summed E-state index contributed by atoms with van der Waals surface area (Å²) in [6.07, 6.45) is 1.64. The largest absolute Gasteiger partial charge is 0.383 e. The number of nitrogens with zero attached hydrogens (tertiary/aromatic N) is 2. The van der Waals surface area contributed by atoms with Crippen molar-refractivity contribution in [2.45, 2.75) is 0 Å². The lowest BCUT2D eigenvalue weighted by molar-refractivity contribution is 0.0713. The summed E-state index contributed by atoms with van der Waals surface area (Å²) < 4.78 is 5.00. The van der Waals surface area contributed by atoms with Crippen molar-refractivity contribution in [3.8, 4) is 0 Å². The lowest BCUT2D eigenvalue weighted by Gasteiger charge is -2.20. The Balaban J connectivity index is 2.44. The molecule has 0 bridgehead atoms. The summed E-state index contributed by atoms with van der Waals surface area (Å²) in [7, 11) is 1.57. The van der Waals surface area contributed by atoms with Crippen LogP contribution in [0.3, 0.4) is 0 Å². The number of rotatable bonds is 6. The molecule has 1 N–H and O–H groups in total. The maximum Gasteiger partial charge on any atom is 0.275 e. The van der Waals surface area contributed by atoms with E-state index in [1.165, 1.54) is 0 Å². The Morgan fingerprint density at radius 2 is 2.14 bits per heavy atom. The van der Waals surface area contributed by atoms with Gasteiger partial charge < -0.3 is 9.64 Å². The van der Waals surface area contributed by atoms with Crippen LogP contribution in [-0.2, 0) is 4.74 Å². The van der Waals surface area contributed by atoms with Crippen molar-refractivity contribution in [1.29, 1.82) is 0 Å². The Hall–Kier alpha value is -2.47. The molecule has 0 radical (unpaired) electrons. The highest BCUT2D eigenvalue weighted by Gasteiger charge is 2.19. The minimum atomic E-state index is -0.311. The molecule has 6 heteroatoms. The number of H-pyrrole nitrogens is 1. The molecule has 1 amide bonds. The van der Waals surface area contributed by atoms with E-state index in [9.17, 15) is 9.59 Å². The van der Waals surface area contributed by atoms with Gasteiger partial charge in [-0.3, -0.25) is 9.59 Å². The number of carbonyl (C=O) groups excluding carboxylic acids is 1. The number of amides is 1. The van der Waals surface area contributed by atoms with E-state index in [0.717, 1.165) is 0 Å². The van der Waals surface area contributed by atoms with E-state index in [1.54, 1.807) is 42.4 Å². The number of methoxy groups -OCH3 is 1. The van der Waals surface area contributed by atoms with Crippen molar-refractivity contribution in [2.75, 3.05) is 26.8 Å². The molecule has 110 valence electrons. The smallest absolute Gasteiger partial charge is 0.275 e. The molecule has 2 aromatic rings. The molecule has 0 atom stereocenters. The van der Waals surface area contributed by atoms with Gasteiger partial charge in [0.05, 0.1) is 12.0 Å². The fourth-order valence-corrected chi connectivity index (χ4v) is 2.06. The Labute approximate surface area is 122 Å². The summed E-state index contributed by atoms with van der Waals surface area (Å²) in [5.74, 6) is -0.264. The van der Waals surface area contributed by atoms with Gasteiger partial charge in [-0.05, 0) is 6.07 Å². The minimum Gasteiger partial charge on any atom is -0.383 e. The molecule has 1 aromatic carbocycles.